The minimum absolute atomic E-state index is 0.0780. The molecule has 2 aromatic rings. The van der Waals surface area contributed by atoms with Crippen LogP contribution in [0.3, 0.4) is 0 Å². The molecule has 1 N–H and O–H groups in total. The third kappa shape index (κ3) is 4.40. The molecular weight excluding hydrogens is 448 g/mol. The number of fused-ring (bicyclic) bond motifs is 1. The number of hydrogen-bond donors (Lipinski definition) is 1. The molecule has 10 heteroatoms. The maximum absolute atomic E-state index is 13.4. The molecule has 0 saturated carbocycles. The Balaban J connectivity index is 1.71. The average Bonchev–Trinajstić information content (AvgIpc) is 3.09. The molecule has 1 saturated heterocycles. The van der Waals surface area contributed by atoms with Crippen molar-refractivity contribution in [1.29, 1.82) is 0 Å². The van der Waals surface area contributed by atoms with Gasteiger partial charge in [0.25, 0.3) is 0 Å². The zero-order valence-electron chi connectivity index (χ0n) is 18.9. The van der Waals surface area contributed by atoms with Crippen molar-refractivity contribution in [2.24, 2.45) is 0 Å². The summed E-state index contributed by atoms with van der Waals surface area (Å²) in [6.07, 6.45) is 0.556. The Hall–Kier alpha value is -3.11. The number of carbonyl (C=O) groups is 2. The Bertz CT molecular complexity index is 1210. The van der Waals surface area contributed by atoms with Gasteiger partial charge in [-0.2, -0.15) is 0 Å². The van der Waals surface area contributed by atoms with Crippen molar-refractivity contribution in [2.75, 3.05) is 19.1 Å². The summed E-state index contributed by atoms with van der Waals surface area (Å²) in [7, 11) is -1.08. The fraction of sp³-hybridized carbons (Fsp3) is 0.391. The maximum Gasteiger partial charge on any atom is 0.241 e. The van der Waals surface area contributed by atoms with Gasteiger partial charge in [-0.25, -0.2) is 18.0 Å². The van der Waals surface area contributed by atoms with E-state index in [1.807, 2.05) is 13.8 Å². The number of nitrogens with one attached hydrogen (secondary N) is 1. The molecule has 33 heavy (non-hydrogen) atoms. The van der Waals surface area contributed by atoms with Crippen LogP contribution in [-0.4, -0.2) is 40.1 Å². The number of ether oxygens (including phenoxy) is 3. The second-order valence-electron chi connectivity index (χ2n) is 8.60. The fourth-order valence-electron chi connectivity index (χ4n) is 4.18. The number of rotatable bonds is 6. The molecule has 2 heterocycles. The number of benzene rings is 2. The first-order valence-electron chi connectivity index (χ1n) is 10.5. The zero-order valence-corrected chi connectivity index (χ0v) is 19.7. The summed E-state index contributed by atoms with van der Waals surface area (Å²) < 4.78 is 46.1. The fourth-order valence-corrected chi connectivity index (χ4v) is 5.41. The highest BCUT2D eigenvalue weighted by Gasteiger charge is 2.37. The minimum Gasteiger partial charge on any atom is -0.497 e. The van der Waals surface area contributed by atoms with Crippen LogP contribution in [0.4, 0.5) is 5.69 Å². The van der Waals surface area contributed by atoms with Crippen LogP contribution in [0, 0.1) is 0 Å². The number of sulfonamides is 1. The first-order chi connectivity index (χ1) is 15.5. The van der Waals surface area contributed by atoms with Crippen molar-refractivity contribution < 1.29 is 32.2 Å². The number of carbonyl (C=O) groups excluding carboxylic acids is 2. The van der Waals surface area contributed by atoms with E-state index in [-0.39, 0.29) is 29.2 Å². The molecule has 0 spiro atoms. The van der Waals surface area contributed by atoms with Crippen molar-refractivity contribution in [2.45, 2.75) is 49.6 Å². The molecule has 0 aliphatic carbocycles. The van der Waals surface area contributed by atoms with E-state index in [2.05, 4.69) is 4.72 Å². The van der Waals surface area contributed by atoms with Gasteiger partial charge in [0.2, 0.25) is 21.8 Å². The van der Waals surface area contributed by atoms with Crippen molar-refractivity contribution in [3.8, 4) is 17.2 Å². The summed E-state index contributed by atoms with van der Waals surface area (Å²) in [6, 6.07) is 8.82. The van der Waals surface area contributed by atoms with Crippen LogP contribution >= 0.6 is 0 Å². The lowest BCUT2D eigenvalue weighted by molar-refractivity contribution is -0.121. The van der Waals surface area contributed by atoms with E-state index < -0.39 is 33.5 Å². The summed E-state index contributed by atoms with van der Waals surface area (Å²) in [6.45, 7) is 3.76. The van der Waals surface area contributed by atoms with Gasteiger partial charge in [0.1, 0.15) is 22.8 Å². The number of anilines is 1. The quantitative estimate of drug-likeness (QED) is 0.641. The molecule has 0 radical (unpaired) electrons. The lowest BCUT2D eigenvalue weighted by Crippen LogP contribution is -2.41. The van der Waals surface area contributed by atoms with E-state index >= 15 is 0 Å². The molecule has 1 atom stereocenters. The van der Waals surface area contributed by atoms with Crippen molar-refractivity contribution in [3.05, 3.63) is 42.0 Å². The van der Waals surface area contributed by atoms with Gasteiger partial charge in [0, 0.05) is 30.9 Å². The van der Waals surface area contributed by atoms with E-state index in [0.717, 1.165) is 4.90 Å². The monoisotopic (exact) mass is 474 g/mol. The number of amides is 2. The summed E-state index contributed by atoms with van der Waals surface area (Å²) in [5, 5.41) is 0. The van der Waals surface area contributed by atoms with Gasteiger partial charge in [-0.05, 0) is 38.1 Å². The molecule has 0 unspecified atom stereocenters. The van der Waals surface area contributed by atoms with Crippen molar-refractivity contribution in [3.63, 3.8) is 0 Å². The average molecular weight is 475 g/mol. The second-order valence-corrected chi connectivity index (χ2v) is 10.3. The van der Waals surface area contributed by atoms with E-state index in [9.17, 15) is 18.0 Å². The van der Waals surface area contributed by atoms with Gasteiger partial charge >= 0.3 is 0 Å². The number of imide groups is 1. The van der Waals surface area contributed by atoms with Crippen LogP contribution < -0.4 is 23.8 Å². The first-order valence-corrected chi connectivity index (χ1v) is 12.0. The summed E-state index contributed by atoms with van der Waals surface area (Å²) in [5.74, 6) is 0.599. The molecule has 1 fully saturated rings. The standard InChI is InChI=1S/C23H26N2O7S/c1-23(2)13-17(16-7-5-14(30-3)11-20(16)32-23)24-33(28,29)15-6-8-19(31-4)18(12-15)25-21(26)9-10-22(25)27/h5-8,11-12,17,24H,9-10,13H2,1-4H3/t17-/m0/s1. The lowest BCUT2D eigenvalue weighted by Gasteiger charge is -2.37. The SMILES string of the molecule is COc1ccc2c(c1)OC(C)(C)C[C@@H]2NS(=O)(=O)c1ccc(OC)c(N2C(=O)CCC2=O)c1. The second kappa shape index (κ2) is 8.35. The van der Waals surface area contributed by atoms with Gasteiger partial charge in [0.15, 0.2) is 0 Å². The molecule has 2 amide bonds. The third-order valence-corrected chi connectivity index (χ3v) is 7.20. The van der Waals surface area contributed by atoms with E-state index in [4.69, 9.17) is 14.2 Å². The Morgan fingerprint density at radius 3 is 2.36 bits per heavy atom. The van der Waals surface area contributed by atoms with Gasteiger partial charge in [0.05, 0.1) is 30.8 Å². The molecule has 2 aromatic carbocycles. The Morgan fingerprint density at radius 1 is 1.03 bits per heavy atom. The zero-order chi connectivity index (χ0) is 24.0. The topological polar surface area (TPSA) is 111 Å². The largest absolute Gasteiger partial charge is 0.497 e. The molecular formula is C23H26N2O7S. The Labute approximate surface area is 192 Å². The lowest BCUT2D eigenvalue weighted by atomic mass is 9.90. The Morgan fingerprint density at radius 2 is 1.73 bits per heavy atom. The highest BCUT2D eigenvalue weighted by molar-refractivity contribution is 7.89. The van der Waals surface area contributed by atoms with E-state index in [0.29, 0.717) is 23.5 Å². The van der Waals surface area contributed by atoms with Crippen molar-refractivity contribution >= 4 is 27.5 Å². The van der Waals surface area contributed by atoms with Crippen LogP contribution in [0.25, 0.3) is 0 Å². The summed E-state index contributed by atoms with van der Waals surface area (Å²) >= 11 is 0. The molecule has 2 aliphatic heterocycles. The number of hydrogen-bond acceptors (Lipinski definition) is 7. The van der Waals surface area contributed by atoms with Crippen LogP contribution in [0.15, 0.2) is 41.3 Å². The van der Waals surface area contributed by atoms with Gasteiger partial charge in [-0.3, -0.25) is 9.59 Å². The summed E-state index contributed by atoms with van der Waals surface area (Å²) in [4.78, 5) is 25.4. The third-order valence-electron chi connectivity index (χ3n) is 5.73. The van der Waals surface area contributed by atoms with Gasteiger partial charge < -0.3 is 14.2 Å². The molecule has 176 valence electrons. The van der Waals surface area contributed by atoms with Crippen LogP contribution in [0.2, 0.25) is 0 Å². The first kappa shape index (κ1) is 23.1. The molecule has 9 nitrogen and oxygen atoms in total. The van der Waals surface area contributed by atoms with Crippen LogP contribution in [0.1, 0.15) is 44.7 Å². The normalized spacial score (nSPS) is 19.8. The van der Waals surface area contributed by atoms with E-state index in [1.54, 1.807) is 25.3 Å². The molecule has 0 bridgehead atoms. The van der Waals surface area contributed by atoms with Crippen LogP contribution in [-0.2, 0) is 19.6 Å². The van der Waals surface area contributed by atoms with Gasteiger partial charge in [-0.15, -0.1) is 0 Å². The molecule has 0 aromatic heterocycles. The molecule has 2 aliphatic rings. The number of methoxy groups -OCH3 is 2. The highest BCUT2D eigenvalue weighted by atomic mass is 32.2. The maximum atomic E-state index is 13.4. The van der Waals surface area contributed by atoms with Gasteiger partial charge in [-0.1, -0.05) is 6.07 Å². The van der Waals surface area contributed by atoms with Crippen molar-refractivity contribution in [1.82, 2.24) is 4.72 Å². The highest BCUT2D eigenvalue weighted by Crippen LogP contribution is 2.42. The number of nitrogens with zero attached hydrogens (tertiary/aromatic N) is 1. The van der Waals surface area contributed by atoms with Crippen LogP contribution in [0.5, 0.6) is 17.2 Å². The predicted molar refractivity (Wildman–Crippen MR) is 120 cm³/mol. The Kier molecular flexibility index (Phi) is 5.83. The molecule has 4 rings (SSSR count). The predicted octanol–water partition coefficient (Wildman–Crippen LogP) is 2.94. The smallest absolute Gasteiger partial charge is 0.241 e. The minimum atomic E-state index is -4.02. The van der Waals surface area contributed by atoms with E-state index in [1.165, 1.54) is 25.3 Å². The summed E-state index contributed by atoms with van der Waals surface area (Å²) in [5.41, 5.74) is 0.189.